The van der Waals surface area contributed by atoms with E-state index in [2.05, 4.69) is 313 Å². The van der Waals surface area contributed by atoms with Crippen molar-refractivity contribution in [3.05, 3.63) is 308 Å². The molecule has 0 atom stereocenters. The van der Waals surface area contributed by atoms with Gasteiger partial charge in [-0.15, -0.1) is 0 Å². The lowest BCUT2D eigenvalue weighted by atomic mass is 9.97. The van der Waals surface area contributed by atoms with Gasteiger partial charge in [-0.1, -0.05) is 152 Å². The van der Waals surface area contributed by atoms with Crippen LogP contribution in [0.1, 0.15) is 28.8 Å². The minimum Gasteiger partial charge on any atom is -0.313 e. The molecule has 20 rings (SSSR count). The summed E-state index contributed by atoms with van der Waals surface area (Å²) >= 11 is 0. The van der Waals surface area contributed by atoms with Gasteiger partial charge in [0.2, 0.25) is 0 Å². The lowest BCUT2D eigenvalue weighted by molar-refractivity contribution is 0.889. The van der Waals surface area contributed by atoms with E-state index in [0.29, 0.717) is 5.56 Å². The van der Waals surface area contributed by atoms with Crippen molar-refractivity contribution >= 4 is 126 Å². The first-order valence-corrected chi connectivity index (χ1v) is 32.1. The number of aromatic nitrogens is 6. The second-order valence-electron chi connectivity index (χ2n) is 25.1. The molecule has 93 heavy (non-hydrogen) atoms. The second-order valence-corrected chi connectivity index (χ2v) is 25.1. The van der Waals surface area contributed by atoms with Crippen LogP contribution in [-0.2, 0) is 6.42 Å². The summed E-state index contributed by atoms with van der Waals surface area (Å²) in [5.74, 6) is 0. The Kier molecular flexibility index (Phi) is 10.8. The van der Waals surface area contributed by atoms with Crippen LogP contribution in [-0.4, -0.2) is 27.4 Å². The fraction of sp³-hybridized carbons (Fsp3) is 0.0349. The van der Waals surface area contributed by atoms with Crippen molar-refractivity contribution in [2.45, 2.75) is 19.8 Å². The Bertz CT molecular complexity index is 6200. The van der Waals surface area contributed by atoms with Crippen LogP contribution in [0, 0.1) is 18.3 Å². The average molecular weight is 1190 g/mol. The number of allylic oxidation sites excluding steroid dienone is 1. The molecule has 7 nitrogen and oxygen atoms in total. The van der Waals surface area contributed by atoms with Gasteiger partial charge in [0.05, 0.1) is 83.7 Å². The number of fused-ring (bicyclic) bond motifs is 18. The molecule has 6 heterocycles. The molecule has 0 amide bonds. The molecule has 434 valence electrons. The predicted octanol–water partition coefficient (Wildman–Crippen LogP) is 21.9. The molecule has 0 spiro atoms. The zero-order valence-electron chi connectivity index (χ0n) is 50.8. The van der Waals surface area contributed by atoms with Gasteiger partial charge in [0.1, 0.15) is 0 Å². The highest BCUT2D eigenvalue weighted by molar-refractivity contribution is 6.17. The standard InChI is InChI=1S/C86H55N7/c1-53-45-85(92-81-41-37-56(88-73-29-10-2-21-60(73)61-22-3-11-30-74(61)88)47-69(81)70-48-57(38-42-82(70)92)89-75-31-12-4-23-62(75)63-24-5-13-32-76(63)89)86(51-68(53)55-20-18-19-54(46-55)52-87)93-83-43-39-58(90-77-33-14-6-25-64(77)65-26-7-15-34-78(65)90)49-71(83)72-50-59(40-44-84(72)93)91-79-35-16-8-27-66(79)67-28-9-17-36-80(67)91/h2-16,18-35,37-51H,17,36H2,1H3. The van der Waals surface area contributed by atoms with Crippen molar-refractivity contribution in [2.24, 2.45) is 0 Å². The summed E-state index contributed by atoms with van der Waals surface area (Å²) < 4.78 is 14.9. The van der Waals surface area contributed by atoms with Gasteiger partial charge in [0.25, 0.3) is 0 Å². The molecule has 0 saturated heterocycles. The lowest BCUT2D eigenvalue weighted by Crippen LogP contribution is -2.06. The van der Waals surface area contributed by atoms with Gasteiger partial charge in [-0.25, -0.2) is 0 Å². The molecule has 0 aliphatic heterocycles. The van der Waals surface area contributed by atoms with Gasteiger partial charge >= 0.3 is 0 Å². The molecule has 0 saturated carbocycles. The molecule has 0 bridgehead atoms. The average Bonchev–Trinajstić information content (AvgIpc) is 1.57. The molecule has 1 aliphatic carbocycles. The SMILES string of the molecule is Cc1cc(-n2c3ccc(-n4c5ccccc5c5ccccc54)cc3c3cc(-n4c5ccccc5c5ccccc54)ccc32)c(-n2c3ccc(-n4c5c(c6ccccc64)C=CCC5)cc3c3cc(-n4c5ccccc5c5ccccc54)ccc32)cc1-c1cccc(C#N)c1. The fourth-order valence-electron chi connectivity index (χ4n) is 16.2. The minimum absolute atomic E-state index is 0.621. The van der Waals surface area contributed by atoms with Gasteiger partial charge in [-0.05, 0) is 176 Å². The summed E-state index contributed by atoms with van der Waals surface area (Å²) in [4.78, 5) is 0. The van der Waals surface area contributed by atoms with Crippen molar-refractivity contribution in [1.29, 1.82) is 5.26 Å². The predicted molar refractivity (Wildman–Crippen MR) is 387 cm³/mol. The monoisotopic (exact) mass is 1190 g/mol. The van der Waals surface area contributed by atoms with Crippen LogP contribution >= 0.6 is 0 Å². The second kappa shape index (κ2) is 19.6. The largest absolute Gasteiger partial charge is 0.313 e. The van der Waals surface area contributed by atoms with Crippen LogP contribution in [0.4, 0.5) is 0 Å². The maximum Gasteiger partial charge on any atom is 0.0991 e. The van der Waals surface area contributed by atoms with Gasteiger partial charge < -0.3 is 27.4 Å². The number of rotatable bonds is 7. The third-order valence-corrected chi connectivity index (χ3v) is 20.2. The van der Waals surface area contributed by atoms with E-state index < -0.39 is 0 Å². The zero-order chi connectivity index (χ0) is 61.2. The van der Waals surface area contributed by atoms with Gasteiger partial charge in [0.15, 0.2) is 0 Å². The number of nitriles is 1. The molecular weight excluding hydrogens is 1130 g/mol. The van der Waals surface area contributed by atoms with E-state index in [4.69, 9.17) is 0 Å². The van der Waals surface area contributed by atoms with Crippen LogP contribution in [0.15, 0.2) is 285 Å². The first-order valence-electron chi connectivity index (χ1n) is 32.1. The highest BCUT2D eigenvalue weighted by Crippen LogP contribution is 2.46. The topological polar surface area (TPSA) is 53.4 Å². The molecule has 0 radical (unpaired) electrons. The Balaban J connectivity index is 0.907. The molecule has 1 aliphatic rings. The van der Waals surface area contributed by atoms with Crippen LogP contribution in [0.2, 0.25) is 0 Å². The van der Waals surface area contributed by atoms with Gasteiger partial charge in [-0.2, -0.15) is 5.26 Å². The Hall–Kier alpha value is -12.4. The minimum atomic E-state index is 0.621. The maximum atomic E-state index is 10.4. The van der Waals surface area contributed by atoms with E-state index in [1.807, 2.05) is 18.2 Å². The van der Waals surface area contributed by atoms with E-state index >= 15 is 0 Å². The van der Waals surface area contributed by atoms with Crippen molar-refractivity contribution in [1.82, 2.24) is 27.4 Å². The zero-order valence-corrected chi connectivity index (χ0v) is 50.8. The van der Waals surface area contributed by atoms with Gasteiger partial charge in [-0.3, -0.25) is 0 Å². The fourth-order valence-corrected chi connectivity index (χ4v) is 16.2. The first-order chi connectivity index (χ1) is 46.0. The normalized spacial score (nSPS) is 12.6. The maximum absolute atomic E-state index is 10.4. The smallest absolute Gasteiger partial charge is 0.0991 e. The molecule has 13 aromatic carbocycles. The number of hydrogen-bond donors (Lipinski definition) is 0. The Morgan fingerprint density at radius 2 is 0.645 bits per heavy atom. The van der Waals surface area contributed by atoms with Gasteiger partial charge in [0, 0.05) is 93.3 Å². The van der Waals surface area contributed by atoms with Crippen LogP contribution in [0.3, 0.4) is 0 Å². The van der Waals surface area contributed by atoms with E-state index in [-0.39, 0.29) is 0 Å². The molecule has 6 aromatic heterocycles. The highest BCUT2D eigenvalue weighted by atomic mass is 15.1. The molecule has 7 heteroatoms. The Morgan fingerprint density at radius 3 is 1.04 bits per heavy atom. The van der Waals surface area contributed by atoms with Crippen molar-refractivity contribution in [3.8, 4) is 51.3 Å². The summed E-state index contributed by atoms with van der Waals surface area (Å²) in [6, 6.07) is 105. The van der Waals surface area contributed by atoms with Crippen molar-refractivity contribution in [3.63, 3.8) is 0 Å². The summed E-state index contributed by atoms with van der Waals surface area (Å²) in [7, 11) is 0. The molecule has 0 unspecified atom stereocenters. The van der Waals surface area contributed by atoms with E-state index in [0.717, 1.165) is 107 Å². The van der Waals surface area contributed by atoms with Crippen molar-refractivity contribution < 1.29 is 0 Å². The number of para-hydroxylation sites is 7. The number of hydrogen-bond acceptors (Lipinski definition) is 1. The number of aryl methyl sites for hydroxylation is 1. The lowest BCUT2D eigenvalue weighted by Gasteiger charge is -2.21. The Labute approximate surface area is 534 Å². The van der Waals surface area contributed by atoms with E-state index in [1.165, 1.54) is 87.6 Å². The highest BCUT2D eigenvalue weighted by Gasteiger charge is 2.27. The number of benzene rings is 13. The third kappa shape index (κ3) is 7.34. The summed E-state index contributed by atoms with van der Waals surface area (Å²) in [5, 5.41) is 23.6. The Morgan fingerprint density at radius 1 is 0.301 bits per heavy atom. The van der Waals surface area contributed by atoms with Crippen LogP contribution < -0.4 is 0 Å². The van der Waals surface area contributed by atoms with E-state index in [9.17, 15) is 5.26 Å². The molecule has 0 fully saturated rings. The van der Waals surface area contributed by atoms with Crippen molar-refractivity contribution in [2.75, 3.05) is 0 Å². The van der Waals surface area contributed by atoms with E-state index in [1.54, 1.807) is 0 Å². The third-order valence-electron chi connectivity index (χ3n) is 20.2. The summed E-state index contributed by atoms with van der Waals surface area (Å²) in [6.45, 7) is 2.23. The molecule has 0 N–H and O–H groups in total. The molecular formula is C86H55N7. The first kappa shape index (κ1) is 51.5. The molecule has 19 aromatic rings. The van der Waals surface area contributed by atoms with Crippen LogP contribution in [0.5, 0.6) is 0 Å². The number of nitrogens with zero attached hydrogens (tertiary/aromatic N) is 7. The summed E-state index contributed by atoms with van der Waals surface area (Å²) in [6.07, 6.45) is 6.60. The summed E-state index contributed by atoms with van der Waals surface area (Å²) in [5.41, 5.74) is 25.4. The van der Waals surface area contributed by atoms with Crippen LogP contribution in [0.25, 0.3) is 171 Å². The quantitative estimate of drug-likeness (QED) is 0.157.